The number of para-hydroxylation sites is 2. The minimum Gasteiger partial charge on any atom is -0.495 e. The fraction of sp³-hybridized carbons (Fsp3) is 0.625. The van der Waals surface area contributed by atoms with Gasteiger partial charge in [-0.3, -0.25) is 0 Å². The van der Waals surface area contributed by atoms with Crippen molar-refractivity contribution >= 4 is 5.69 Å². The first kappa shape index (κ1) is 12.8. The van der Waals surface area contributed by atoms with Gasteiger partial charge in [-0.1, -0.05) is 25.0 Å². The number of anilines is 1. The summed E-state index contributed by atoms with van der Waals surface area (Å²) in [5, 5.41) is 3.65. The quantitative estimate of drug-likeness (QED) is 0.901. The highest BCUT2D eigenvalue weighted by molar-refractivity contribution is 5.56. The van der Waals surface area contributed by atoms with Crippen molar-refractivity contribution < 1.29 is 9.47 Å². The maximum atomic E-state index is 6.08. The summed E-state index contributed by atoms with van der Waals surface area (Å²) in [5.41, 5.74) is 1.27. The summed E-state index contributed by atoms with van der Waals surface area (Å²) >= 11 is 0. The molecule has 1 aromatic carbocycles. The van der Waals surface area contributed by atoms with E-state index in [1.165, 1.54) is 25.7 Å². The topological polar surface area (TPSA) is 30.5 Å². The van der Waals surface area contributed by atoms with E-state index in [0.29, 0.717) is 6.04 Å². The van der Waals surface area contributed by atoms with Gasteiger partial charge in [0, 0.05) is 12.6 Å². The van der Waals surface area contributed by atoms with Crippen LogP contribution in [-0.4, -0.2) is 25.4 Å². The Kier molecular flexibility index (Phi) is 3.65. The highest BCUT2D eigenvalue weighted by Gasteiger charge is 2.39. The highest BCUT2D eigenvalue weighted by atomic mass is 16.5. The predicted molar refractivity (Wildman–Crippen MR) is 76.8 cm³/mol. The monoisotopic (exact) mass is 261 g/mol. The van der Waals surface area contributed by atoms with Gasteiger partial charge >= 0.3 is 0 Å². The number of nitrogens with one attached hydrogen (secondary N) is 1. The number of rotatable bonds is 3. The molecule has 0 aromatic heterocycles. The molecule has 2 fully saturated rings. The molecule has 1 aromatic rings. The summed E-state index contributed by atoms with van der Waals surface area (Å²) in [6.45, 7) is 0.882. The molecule has 19 heavy (non-hydrogen) atoms. The van der Waals surface area contributed by atoms with Crippen LogP contribution in [0.2, 0.25) is 0 Å². The number of benzene rings is 1. The van der Waals surface area contributed by atoms with Gasteiger partial charge in [-0.15, -0.1) is 0 Å². The fourth-order valence-corrected chi connectivity index (χ4v) is 3.50. The maximum Gasteiger partial charge on any atom is 0.141 e. The van der Waals surface area contributed by atoms with Gasteiger partial charge in [0.15, 0.2) is 0 Å². The second-order valence-electron chi connectivity index (χ2n) is 5.77. The third-order valence-corrected chi connectivity index (χ3v) is 4.47. The van der Waals surface area contributed by atoms with Gasteiger partial charge in [0.2, 0.25) is 0 Å². The Balaban J connectivity index is 1.69. The number of ether oxygens (including phenoxy) is 2. The maximum absolute atomic E-state index is 6.08. The van der Waals surface area contributed by atoms with Crippen LogP contribution in [0, 0.1) is 0 Å². The van der Waals surface area contributed by atoms with E-state index in [4.69, 9.17) is 9.47 Å². The Morgan fingerprint density at radius 1 is 1.26 bits per heavy atom. The Labute approximate surface area is 115 Å². The molecule has 1 heterocycles. The predicted octanol–water partition coefficient (Wildman–Crippen LogP) is 3.60. The lowest BCUT2D eigenvalue weighted by molar-refractivity contribution is -0.0767. The summed E-state index contributed by atoms with van der Waals surface area (Å²) in [7, 11) is 1.73. The van der Waals surface area contributed by atoms with Crippen LogP contribution in [-0.2, 0) is 4.74 Å². The summed E-state index contributed by atoms with van der Waals surface area (Å²) in [6.07, 6.45) is 7.32. The SMILES string of the molecule is COc1ccccc1NC1CCOC2(CCCC2)C1. The molecule has 0 bridgehead atoms. The Hall–Kier alpha value is -1.22. The van der Waals surface area contributed by atoms with E-state index in [-0.39, 0.29) is 5.60 Å². The molecule has 3 rings (SSSR count). The molecular formula is C16H23NO2. The van der Waals surface area contributed by atoms with Gasteiger partial charge in [0.1, 0.15) is 5.75 Å². The molecule has 3 nitrogen and oxygen atoms in total. The average Bonchev–Trinajstić information content (AvgIpc) is 2.87. The standard InChI is InChI=1S/C16H23NO2/c1-18-15-7-3-2-6-14(15)17-13-8-11-19-16(12-13)9-4-5-10-16/h2-3,6-7,13,17H,4-5,8-12H2,1H3. The Morgan fingerprint density at radius 2 is 2.05 bits per heavy atom. The van der Waals surface area contributed by atoms with Crippen LogP contribution in [0.15, 0.2) is 24.3 Å². The minimum atomic E-state index is 0.165. The highest BCUT2D eigenvalue weighted by Crippen LogP contribution is 2.41. The van der Waals surface area contributed by atoms with Gasteiger partial charge in [0.05, 0.1) is 18.4 Å². The van der Waals surface area contributed by atoms with Crippen LogP contribution in [0.5, 0.6) is 5.75 Å². The first-order chi connectivity index (χ1) is 9.31. The summed E-state index contributed by atoms with van der Waals surface area (Å²) in [6, 6.07) is 8.66. The first-order valence-electron chi connectivity index (χ1n) is 7.35. The third kappa shape index (κ3) is 2.71. The van der Waals surface area contributed by atoms with Crippen molar-refractivity contribution in [1.82, 2.24) is 0 Å². The van der Waals surface area contributed by atoms with Crippen LogP contribution >= 0.6 is 0 Å². The van der Waals surface area contributed by atoms with Crippen LogP contribution in [0.4, 0.5) is 5.69 Å². The van der Waals surface area contributed by atoms with Crippen molar-refractivity contribution in [1.29, 1.82) is 0 Å². The van der Waals surface area contributed by atoms with Gasteiger partial charge in [-0.2, -0.15) is 0 Å². The minimum absolute atomic E-state index is 0.165. The zero-order valence-corrected chi connectivity index (χ0v) is 11.7. The van der Waals surface area contributed by atoms with Gasteiger partial charge < -0.3 is 14.8 Å². The van der Waals surface area contributed by atoms with E-state index in [9.17, 15) is 0 Å². The number of methoxy groups -OCH3 is 1. The van der Waals surface area contributed by atoms with Crippen molar-refractivity contribution in [3.63, 3.8) is 0 Å². The molecule has 0 radical (unpaired) electrons. The second-order valence-corrected chi connectivity index (χ2v) is 5.77. The van der Waals surface area contributed by atoms with E-state index < -0.39 is 0 Å². The Bertz CT molecular complexity index is 427. The smallest absolute Gasteiger partial charge is 0.141 e. The lowest BCUT2D eigenvalue weighted by Gasteiger charge is -2.39. The molecule has 2 aliphatic rings. The normalized spacial score (nSPS) is 25.4. The molecule has 104 valence electrons. The van der Waals surface area contributed by atoms with E-state index in [1.54, 1.807) is 7.11 Å². The van der Waals surface area contributed by atoms with Crippen molar-refractivity contribution in [2.45, 2.75) is 50.2 Å². The molecule has 0 amide bonds. The molecule has 1 saturated heterocycles. The molecule has 1 saturated carbocycles. The van der Waals surface area contributed by atoms with Crippen LogP contribution < -0.4 is 10.1 Å². The van der Waals surface area contributed by atoms with E-state index in [2.05, 4.69) is 17.4 Å². The molecule has 1 aliphatic heterocycles. The zero-order valence-electron chi connectivity index (χ0n) is 11.7. The van der Waals surface area contributed by atoms with E-state index in [0.717, 1.165) is 30.9 Å². The largest absolute Gasteiger partial charge is 0.495 e. The second kappa shape index (κ2) is 5.41. The van der Waals surface area contributed by atoms with Crippen molar-refractivity contribution in [3.8, 4) is 5.75 Å². The van der Waals surface area contributed by atoms with Crippen LogP contribution in [0.25, 0.3) is 0 Å². The lowest BCUT2D eigenvalue weighted by atomic mass is 9.89. The molecule has 1 unspecified atom stereocenters. The molecule has 1 spiro atoms. The van der Waals surface area contributed by atoms with Crippen molar-refractivity contribution in [3.05, 3.63) is 24.3 Å². The molecular weight excluding hydrogens is 238 g/mol. The first-order valence-corrected chi connectivity index (χ1v) is 7.35. The van der Waals surface area contributed by atoms with E-state index >= 15 is 0 Å². The Morgan fingerprint density at radius 3 is 2.84 bits per heavy atom. The van der Waals surface area contributed by atoms with Crippen LogP contribution in [0.3, 0.4) is 0 Å². The number of hydrogen-bond donors (Lipinski definition) is 1. The summed E-state index contributed by atoms with van der Waals surface area (Å²) < 4.78 is 11.5. The van der Waals surface area contributed by atoms with Crippen molar-refractivity contribution in [2.75, 3.05) is 19.0 Å². The van der Waals surface area contributed by atoms with Gasteiger partial charge in [-0.25, -0.2) is 0 Å². The zero-order chi connectivity index (χ0) is 13.1. The van der Waals surface area contributed by atoms with Crippen LogP contribution in [0.1, 0.15) is 38.5 Å². The van der Waals surface area contributed by atoms with Crippen molar-refractivity contribution in [2.24, 2.45) is 0 Å². The summed E-state index contributed by atoms with van der Waals surface area (Å²) in [5.74, 6) is 0.925. The number of hydrogen-bond acceptors (Lipinski definition) is 3. The molecule has 1 aliphatic carbocycles. The third-order valence-electron chi connectivity index (χ3n) is 4.47. The molecule has 1 atom stereocenters. The van der Waals surface area contributed by atoms with Gasteiger partial charge in [0.25, 0.3) is 0 Å². The summed E-state index contributed by atoms with van der Waals surface area (Å²) in [4.78, 5) is 0. The average molecular weight is 261 g/mol. The van der Waals surface area contributed by atoms with E-state index in [1.807, 2.05) is 12.1 Å². The molecule has 1 N–H and O–H groups in total. The fourth-order valence-electron chi connectivity index (χ4n) is 3.50. The molecule has 3 heteroatoms. The van der Waals surface area contributed by atoms with Gasteiger partial charge in [-0.05, 0) is 37.8 Å². The lowest BCUT2D eigenvalue weighted by Crippen LogP contribution is -2.42.